The molecular formula is C9H19N5O2. The first-order valence-corrected chi connectivity index (χ1v) is 5.31. The Morgan fingerprint density at radius 1 is 1.50 bits per heavy atom. The third kappa shape index (κ3) is 4.03. The van der Waals surface area contributed by atoms with Gasteiger partial charge in [-0.05, 0) is 19.8 Å². The molecule has 0 radical (unpaired) electrons. The molecule has 0 aromatic carbocycles. The van der Waals surface area contributed by atoms with Gasteiger partial charge in [-0.3, -0.25) is 9.79 Å². The third-order valence-corrected chi connectivity index (χ3v) is 2.54. The number of hydrogen-bond donors (Lipinski definition) is 4. The van der Waals surface area contributed by atoms with Gasteiger partial charge in [0, 0.05) is 13.1 Å². The van der Waals surface area contributed by atoms with Crippen LogP contribution in [0.15, 0.2) is 4.99 Å². The van der Waals surface area contributed by atoms with Crippen LogP contribution in [0.1, 0.15) is 19.8 Å². The highest BCUT2D eigenvalue weighted by Gasteiger charge is 2.21. The van der Waals surface area contributed by atoms with E-state index in [1.807, 2.05) is 5.01 Å². The number of rotatable bonds is 4. The average Bonchev–Trinajstić information content (AvgIpc) is 2.20. The van der Waals surface area contributed by atoms with Crippen LogP contribution in [0.25, 0.3) is 0 Å². The molecule has 0 spiro atoms. The molecule has 1 aliphatic rings. The predicted octanol–water partition coefficient (Wildman–Crippen LogP) is -1.30. The zero-order chi connectivity index (χ0) is 12.1. The smallest absolute Gasteiger partial charge is 0.321 e. The highest BCUT2D eigenvalue weighted by atomic mass is 16.4. The number of hydrazine groups is 1. The molecule has 1 heterocycles. The van der Waals surface area contributed by atoms with Crippen molar-refractivity contribution in [2.75, 3.05) is 13.1 Å². The van der Waals surface area contributed by atoms with Crippen molar-refractivity contribution < 1.29 is 9.90 Å². The fourth-order valence-corrected chi connectivity index (χ4v) is 1.66. The molecule has 92 valence electrons. The number of piperidine rings is 1. The molecule has 0 bridgehead atoms. The number of nitrogens with one attached hydrogen (secondary N) is 1. The number of nitrogens with zero attached hydrogens (tertiary/aromatic N) is 2. The first-order chi connectivity index (χ1) is 7.49. The minimum Gasteiger partial charge on any atom is -0.480 e. The lowest BCUT2D eigenvalue weighted by molar-refractivity contribution is -0.140. The molecule has 1 atom stereocenters. The number of carbonyl (C=O) groups is 1. The van der Waals surface area contributed by atoms with Crippen LogP contribution in [-0.2, 0) is 4.79 Å². The third-order valence-electron chi connectivity index (χ3n) is 2.54. The lowest BCUT2D eigenvalue weighted by Crippen LogP contribution is -2.50. The summed E-state index contributed by atoms with van der Waals surface area (Å²) in [5.41, 5.74) is 13.5. The molecule has 7 heteroatoms. The highest BCUT2D eigenvalue weighted by Crippen LogP contribution is 2.11. The van der Waals surface area contributed by atoms with Crippen molar-refractivity contribution in [3.05, 3.63) is 0 Å². The monoisotopic (exact) mass is 229 g/mol. The van der Waals surface area contributed by atoms with Gasteiger partial charge in [-0.25, -0.2) is 10.4 Å². The van der Waals surface area contributed by atoms with Gasteiger partial charge in [-0.15, -0.1) is 0 Å². The Morgan fingerprint density at radius 3 is 2.50 bits per heavy atom. The highest BCUT2D eigenvalue weighted by molar-refractivity contribution is 5.75. The van der Waals surface area contributed by atoms with Crippen LogP contribution < -0.4 is 16.9 Å². The van der Waals surface area contributed by atoms with E-state index in [9.17, 15) is 4.79 Å². The van der Waals surface area contributed by atoms with Crippen molar-refractivity contribution in [3.8, 4) is 0 Å². The maximum atomic E-state index is 10.6. The van der Waals surface area contributed by atoms with E-state index in [-0.39, 0.29) is 12.0 Å². The lowest BCUT2D eigenvalue weighted by atomic mass is 10.1. The average molecular weight is 229 g/mol. The van der Waals surface area contributed by atoms with E-state index in [0.717, 1.165) is 25.9 Å². The molecule has 7 nitrogen and oxygen atoms in total. The van der Waals surface area contributed by atoms with E-state index in [1.54, 1.807) is 6.92 Å². The number of aliphatic imine (C=N–C) groups is 1. The molecule has 1 aliphatic heterocycles. The SMILES string of the molecule is C[C@H](NN1CCC(N=C(N)N)CC1)C(=O)O. The summed E-state index contributed by atoms with van der Waals surface area (Å²) in [5.74, 6) is -0.739. The molecular weight excluding hydrogens is 210 g/mol. The van der Waals surface area contributed by atoms with Gasteiger partial charge in [0.25, 0.3) is 0 Å². The lowest BCUT2D eigenvalue weighted by Gasteiger charge is -2.31. The Labute approximate surface area is 94.5 Å². The zero-order valence-electron chi connectivity index (χ0n) is 9.39. The summed E-state index contributed by atoms with van der Waals surface area (Å²) in [5, 5.41) is 10.6. The van der Waals surface area contributed by atoms with Crippen LogP contribution in [0.3, 0.4) is 0 Å². The molecule has 0 unspecified atom stereocenters. The number of carboxylic acids is 1. The summed E-state index contributed by atoms with van der Waals surface area (Å²) in [6.45, 7) is 3.11. The second kappa shape index (κ2) is 5.66. The largest absolute Gasteiger partial charge is 0.480 e. The standard InChI is InChI=1S/C9H19N5O2/c1-6(8(15)16)13-14-4-2-7(3-5-14)12-9(10)11/h6-7,13H,2-5H2,1H3,(H,15,16)(H4,10,11,12)/t6-/m0/s1. The van der Waals surface area contributed by atoms with Crippen molar-refractivity contribution in [3.63, 3.8) is 0 Å². The van der Waals surface area contributed by atoms with Crippen LogP contribution in [0.2, 0.25) is 0 Å². The number of hydrogen-bond acceptors (Lipinski definition) is 4. The van der Waals surface area contributed by atoms with Gasteiger partial charge in [0.15, 0.2) is 5.96 Å². The first kappa shape index (κ1) is 12.7. The molecule has 0 aliphatic carbocycles. The van der Waals surface area contributed by atoms with Crippen molar-refractivity contribution in [2.24, 2.45) is 16.5 Å². The summed E-state index contributed by atoms with van der Waals surface area (Å²) < 4.78 is 0. The van der Waals surface area contributed by atoms with Crippen LogP contribution in [0, 0.1) is 0 Å². The second-order valence-corrected chi connectivity index (χ2v) is 3.96. The summed E-state index contributed by atoms with van der Waals surface area (Å²) in [7, 11) is 0. The summed E-state index contributed by atoms with van der Waals surface area (Å²) in [6.07, 6.45) is 1.66. The molecule has 0 aromatic heterocycles. The Bertz CT molecular complexity index is 269. The quantitative estimate of drug-likeness (QED) is 0.352. The van der Waals surface area contributed by atoms with E-state index in [2.05, 4.69) is 10.4 Å². The number of aliphatic carboxylic acids is 1. The maximum Gasteiger partial charge on any atom is 0.321 e. The topological polar surface area (TPSA) is 117 Å². The minimum atomic E-state index is -0.855. The molecule has 0 amide bonds. The zero-order valence-corrected chi connectivity index (χ0v) is 9.39. The number of carboxylic acid groups (broad SMARTS) is 1. The molecule has 1 rings (SSSR count). The fraction of sp³-hybridized carbons (Fsp3) is 0.778. The maximum absolute atomic E-state index is 10.6. The summed E-state index contributed by atoms with van der Waals surface area (Å²) >= 11 is 0. The number of guanidine groups is 1. The van der Waals surface area contributed by atoms with Gasteiger partial charge in [-0.2, -0.15) is 0 Å². The van der Waals surface area contributed by atoms with Gasteiger partial charge >= 0.3 is 5.97 Å². The Hall–Kier alpha value is -1.34. The van der Waals surface area contributed by atoms with Crippen LogP contribution in [0.5, 0.6) is 0 Å². The van der Waals surface area contributed by atoms with Crippen molar-refractivity contribution in [1.82, 2.24) is 10.4 Å². The fourth-order valence-electron chi connectivity index (χ4n) is 1.66. The van der Waals surface area contributed by atoms with E-state index in [0.29, 0.717) is 0 Å². The van der Waals surface area contributed by atoms with E-state index >= 15 is 0 Å². The Morgan fingerprint density at radius 2 is 2.06 bits per heavy atom. The Kier molecular flexibility index (Phi) is 4.51. The summed E-state index contributed by atoms with van der Waals surface area (Å²) in [6, 6.07) is -0.414. The van der Waals surface area contributed by atoms with Gasteiger partial charge < -0.3 is 16.6 Å². The molecule has 1 saturated heterocycles. The van der Waals surface area contributed by atoms with E-state index < -0.39 is 12.0 Å². The molecule has 16 heavy (non-hydrogen) atoms. The predicted molar refractivity (Wildman–Crippen MR) is 60.6 cm³/mol. The normalized spacial score (nSPS) is 20.3. The van der Waals surface area contributed by atoms with Crippen LogP contribution in [-0.4, -0.2) is 47.2 Å². The minimum absolute atomic E-state index is 0.116. The first-order valence-electron chi connectivity index (χ1n) is 5.31. The van der Waals surface area contributed by atoms with Gasteiger partial charge in [-0.1, -0.05) is 0 Å². The van der Waals surface area contributed by atoms with Crippen molar-refractivity contribution >= 4 is 11.9 Å². The van der Waals surface area contributed by atoms with Gasteiger partial charge in [0.1, 0.15) is 6.04 Å². The van der Waals surface area contributed by atoms with Gasteiger partial charge in [0.05, 0.1) is 6.04 Å². The molecule has 1 fully saturated rings. The van der Waals surface area contributed by atoms with E-state index in [4.69, 9.17) is 16.6 Å². The molecule has 0 aromatic rings. The Balaban J connectivity index is 2.32. The van der Waals surface area contributed by atoms with E-state index in [1.165, 1.54) is 0 Å². The van der Waals surface area contributed by atoms with Crippen LogP contribution in [0.4, 0.5) is 0 Å². The second-order valence-electron chi connectivity index (χ2n) is 3.96. The van der Waals surface area contributed by atoms with Crippen molar-refractivity contribution in [2.45, 2.75) is 31.8 Å². The van der Waals surface area contributed by atoms with Gasteiger partial charge in [0.2, 0.25) is 0 Å². The van der Waals surface area contributed by atoms with Crippen molar-refractivity contribution in [1.29, 1.82) is 0 Å². The number of nitrogens with two attached hydrogens (primary N) is 2. The molecule has 0 saturated carbocycles. The molecule has 6 N–H and O–H groups in total. The van der Waals surface area contributed by atoms with Crippen LogP contribution >= 0.6 is 0 Å². The summed E-state index contributed by atoms with van der Waals surface area (Å²) in [4.78, 5) is 14.7.